The van der Waals surface area contributed by atoms with Gasteiger partial charge >= 0.3 is 0 Å². The van der Waals surface area contributed by atoms with Crippen molar-refractivity contribution in [1.29, 1.82) is 0 Å². The summed E-state index contributed by atoms with van der Waals surface area (Å²) in [7, 11) is -4.16. The van der Waals surface area contributed by atoms with Crippen LogP contribution in [0.1, 0.15) is 13.8 Å². The first-order valence-corrected chi connectivity index (χ1v) is 11.8. The van der Waals surface area contributed by atoms with Crippen molar-refractivity contribution in [3.8, 4) is 11.5 Å². The number of benzene rings is 3. The van der Waals surface area contributed by atoms with Gasteiger partial charge in [-0.2, -0.15) is 0 Å². The third-order valence-corrected chi connectivity index (χ3v) is 6.34. The van der Waals surface area contributed by atoms with E-state index in [4.69, 9.17) is 9.47 Å². The molecule has 0 atom stereocenters. The SMILES string of the molecule is CCOc1ccc(N(CC(=O)Nc2cccc(OCC)c2)S(=O)(=O)c2ccc(F)cc2)cc1. The standard InChI is InChI=1S/C24H25FN2O5S/c1-3-31-21-12-10-20(11-13-21)27(33(29,30)23-14-8-18(25)9-15-23)17-24(28)26-19-6-5-7-22(16-19)32-4-2/h5-16H,3-4,17H2,1-2H3,(H,26,28). The van der Waals surface area contributed by atoms with E-state index in [1.165, 1.54) is 0 Å². The Balaban J connectivity index is 1.90. The van der Waals surface area contributed by atoms with Gasteiger partial charge in [0.15, 0.2) is 0 Å². The third-order valence-electron chi connectivity index (χ3n) is 4.55. The lowest BCUT2D eigenvalue weighted by atomic mass is 10.3. The second kappa shape index (κ2) is 10.8. The van der Waals surface area contributed by atoms with Crippen LogP contribution in [0.2, 0.25) is 0 Å². The molecule has 3 rings (SSSR count). The van der Waals surface area contributed by atoms with Crippen molar-refractivity contribution in [3.63, 3.8) is 0 Å². The summed E-state index contributed by atoms with van der Waals surface area (Å²) in [5.74, 6) is 0.0342. The van der Waals surface area contributed by atoms with Crippen LogP contribution in [0.25, 0.3) is 0 Å². The molecule has 0 heterocycles. The molecule has 7 nitrogen and oxygen atoms in total. The highest BCUT2D eigenvalue weighted by atomic mass is 32.2. The van der Waals surface area contributed by atoms with Crippen LogP contribution in [-0.2, 0) is 14.8 Å². The van der Waals surface area contributed by atoms with Crippen molar-refractivity contribution >= 4 is 27.3 Å². The zero-order valence-electron chi connectivity index (χ0n) is 18.3. The Morgan fingerprint density at radius 3 is 2.18 bits per heavy atom. The summed E-state index contributed by atoms with van der Waals surface area (Å²) in [4.78, 5) is 12.7. The van der Waals surface area contributed by atoms with E-state index in [1.807, 2.05) is 13.8 Å². The summed E-state index contributed by atoms with van der Waals surface area (Å²) >= 11 is 0. The second-order valence-electron chi connectivity index (χ2n) is 6.90. The number of amides is 1. The summed E-state index contributed by atoms with van der Waals surface area (Å²) in [5.41, 5.74) is 0.734. The van der Waals surface area contributed by atoms with Crippen LogP contribution in [0.15, 0.2) is 77.7 Å². The first kappa shape index (κ1) is 24.1. The Morgan fingerprint density at radius 1 is 0.909 bits per heavy atom. The molecule has 3 aromatic rings. The van der Waals surface area contributed by atoms with Crippen LogP contribution in [0.4, 0.5) is 15.8 Å². The van der Waals surface area contributed by atoms with Crippen molar-refractivity contribution in [1.82, 2.24) is 0 Å². The van der Waals surface area contributed by atoms with Gasteiger partial charge in [0.2, 0.25) is 5.91 Å². The van der Waals surface area contributed by atoms with Gasteiger partial charge in [-0.3, -0.25) is 9.10 Å². The molecule has 0 aliphatic carbocycles. The number of nitrogens with one attached hydrogen (secondary N) is 1. The molecule has 174 valence electrons. The first-order chi connectivity index (χ1) is 15.8. The summed E-state index contributed by atoms with van der Waals surface area (Å²) in [6.45, 7) is 4.12. The highest BCUT2D eigenvalue weighted by Crippen LogP contribution is 2.26. The highest BCUT2D eigenvalue weighted by molar-refractivity contribution is 7.92. The highest BCUT2D eigenvalue weighted by Gasteiger charge is 2.27. The molecule has 9 heteroatoms. The second-order valence-corrected chi connectivity index (χ2v) is 8.76. The quantitative estimate of drug-likeness (QED) is 0.471. The predicted octanol–water partition coefficient (Wildman–Crippen LogP) is 4.46. The number of carbonyl (C=O) groups excluding carboxylic acids is 1. The minimum atomic E-state index is -4.16. The maximum atomic E-state index is 13.4. The number of sulfonamides is 1. The van der Waals surface area contributed by atoms with Gasteiger partial charge < -0.3 is 14.8 Å². The van der Waals surface area contributed by atoms with Crippen LogP contribution in [-0.4, -0.2) is 34.1 Å². The average molecular weight is 473 g/mol. The molecule has 0 spiro atoms. The molecule has 1 N–H and O–H groups in total. The summed E-state index contributed by atoms with van der Waals surface area (Å²) in [6.07, 6.45) is 0. The van der Waals surface area contributed by atoms with Crippen LogP contribution in [0.5, 0.6) is 11.5 Å². The molecule has 0 unspecified atom stereocenters. The van der Waals surface area contributed by atoms with Crippen molar-refractivity contribution in [2.45, 2.75) is 18.7 Å². The lowest BCUT2D eigenvalue weighted by Gasteiger charge is -2.24. The van der Waals surface area contributed by atoms with Gasteiger partial charge in [-0.1, -0.05) is 6.07 Å². The Bertz CT molecular complexity index is 1180. The van der Waals surface area contributed by atoms with E-state index in [2.05, 4.69) is 5.32 Å². The number of rotatable bonds is 10. The number of hydrogen-bond donors (Lipinski definition) is 1. The minimum absolute atomic E-state index is 0.135. The van der Waals surface area contributed by atoms with Crippen molar-refractivity contribution in [3.05, 3.63) is 78.6 Å². The Hall–Kier alpha value is -3.59. The maximum Gasteiger partial charge on any atom is 0.264 e. The molecule has 0 saturated heterocycles. The number of halogens is 1. The van der Waals surface area contributed by atoms with Gasteiger partial charge in [0.05, 0.1) is 23.8 Å². The van der Waals surface area contributed by atoms with Crippen LogP contribution >= 0.6 is 0 Å². The number of anilines is 2. The monoisotopic (exact) mass is 472 g/mol. The van der Waals surface area contributed by atoms with Gasteiger partial charge in [-0.25, -0.2) is 12.8 Å². The average Bonchev–Trinajstić information content (AvgIpc) is 2.79. The fraction of sp³-hybridized carbons (Fsp3) is 0.208. The number of carbonyl (C=O) groups is 1. The molecule has 0 aliphatic rings. The molecular formula is C24H25FN2O5S. The fourth-order valence-electron chi connectivity index (χ4n) is 3.09. The van der Waals surface area contributed by atoms with Gasteiger partial charge in [0.25, 0.3) is 10.0 Å². The van der Waals surface area contributed by atoms with Crippen molar-refractivity contribution in [2.24, 2.45) is 0 Å². The molecule has 0 radical (unpaired) electrons. The van der Waals surface area contributed by atoms with Crippen LogP contribution in [0, 0.1) is 5.82 Å². The molecule has 3 aromatic carbocycles. The van der Waals surface area contributed by atoms with Gasteiger partial charge in [0, 0.05) is 11.8 Å². The van der Waals surface area contributed by atoms with E-state index in [1.54, 1.807) is 48.5 Å². The molecule has 33 heavy (non-hydrogen) atoms. The number of nitrogens with zero attached hydrogens (tertiary/aromatic N) is 1. The van der Waals surface area contributed by atoms with E-state index >= 15 is 0 Å². The van der Waals surface area contributed by atoms with E-state index in [0.717, 1.165) is 28.6 Å². The normalized spacial score (nSPS) is 11.0. The van der Waals surface area contributed by atoms with Crippen LogP contribution < -0.4 is 19.1 Å². The summed E-state index contributed by atoms with van der Waals surface area (Å²) < 4.78 is 51.9. The number of hydrogen-bond acceptors (Lipinski definition) is 5. The lowest BCUT2D eigenvalue weighted by molar-refractivity contribution is -0.114. The molecule has 0 aliphatic heterocycles. The zero-order chi connectivity index (χ0) is 23.8. The number of ether oxygens (including phenoxy) is 2. The van der Waals surface area contributed by atoms with Gasteiger partial charge in [0.1, 0.15) is 23.9 Å². The molecule has 0 fully saturated rings. The fourth-order valence-corrected chi connectivity index (χ4v) is 4.51. The predicted molar refractivity (Wildman–Crippen MR) is 125 cm³/mol. The van der Waals surface area contributed by atoms with Gasteiger partial charge in [-0.15, -0.1) is 0 Å². The summed E-state index contributed by atoms with van der Waals surface area (Å²) in [5, 5.41) is 2.70. The smallest absolute Gasteiger partial charge is 0.264 e. The summed E-state index contributed by atoms with van der Waals surface area (Å²) in [6, 6.07) is 17.6. The topological polar surface area (TPSA) is 84.9 Å². The van der Waals surface area contributed by atoms with Crippen LogP contribution in [0.3, 0.4) is 0 Å². The largest absolute Gasteiger partial charge is 0.494 e. The Labute approximate surface area is 192 Å². The molecule has 0 aromatic heterocycles. The van der Waals surface area contributed by atoms with E-state index in [-0.39, 0.29) is 10.6 Å². The zero-order valence-corrected chi connectivity index (χ0v) is 19.1. The van der Waals surface area contributed by atoms with E-state index < -0.39 is 28.3 Å². The molecule has 0 saturated carbocycles. The third kappa shape index (κ3) is 6.23. The molecule has 1 amide bonds. The van der Waals surface area contributed by atoms with Crippen molar-refractivity contribution < 1.29 is 27.1 Å². The Kier molecular flexibility index (Phi) is 7.89. The molecule has 0 bridgehead atoms. The van der Waals surface area contributed by atoms with E-state index in [0.29, 0.717) is 30.4 Å². The van der Waals surface area contributed by atoms with Gasteiger partial charge in [-0.05, 0) is 74.5 Å². The minimum Gasteiger partial charge on any atom is -0.494 e. The first-order valence-electron chi connectivity index (χ1n) is 10.4. The maximum absolute atomic E-state index is 13.4. The lowest BCUT2D eigenvalue weighted by Crippen LogP contribution is -2.38. The van der Waals surface area contributed by atoms with E-state index in [9.17, 15) is 17.6 Å². The Morgan fingerprint density at radius 2 is 1.55 bits per heavy atom. The van der Waals surface area contributed by atoms with Crippen molar-refractivity contribution in [2.75, 3.05) is 29.4 Å². The molecular weight excluding hydrogens is 447 g/mol.